The van der Waals surface area contributed by atoms with Crippen molar-refractivity contribution in [3.05, 3.63) is 24.5 Å². The molecule has 1 atom stereocenters. The first-order valence-corrected chi connectivity index (χ1v) is 8.64. The van der Waals surface area contributed by atoms with Crippen molar-refractivity contribution in [3.63, 3.8) is 0 Å². The van der Waals surface area contributed by atoms with E-state index in [1.54, 1.807) is 32.2 Å². The number of nitrogens with zero attached hydrogens (tertiary/aromatic N) is 3. The van der Waals surface area contributed by atoms with E-state index in [-0.39, 0.29) is 11.9 Å². The molecule has 3 rings (SSSR count). The number of thioether (sulfide) groups is 1. The number of urea groups is 1. The van der Waals surface area contributed by atoms with Crippen LogP contribution in [-0.2, 0) is 4.79 Å². The van der Waals surface area contributed by atoms with Crippen LogP contribution >= 0.6 is 11.8 Å². The Morgan fingerprint density at radius 1 is 1.48 bits per heavy atom. The highest BCUT2D eigenvalue weighted by Gasteiger charge is 2.28. The second-order valence-electron chi connectivity index (χ2n) is 5.36. The quantitative estimate of drug-likeness (QED) is 0.548. The van der Waals surface area contributed by atoms with Gasteiger partial charge in [0, 0.05) is 25.0 Å². The zero-order valence-corrected chi connectivity index (χ0v) is 14.6. The van der Waals surface area contributed by atoms with Crippen molar-refractivity contribution in [2.45, 2.75) is 18.2 Å². The maximum absolute atomic E-state index is 12.0. The number of fused-ring (bicyclic) bond motifs is 1. The summed E-state index contributed by atoms with van der Waals surface area (Å²) in [6, 6.07) is 4.86. The molecule has 25 heavy (non-hydrogen) atoms. The van der Waals surface area contributed by atoms with Crippen LogP contribution in [0.4, 0.5) is 16.2 Å². The molecule has 1 aromatic heterocycles. The van der Waals surface area contributed by atoms with Crippen molar-refractivity contribution in [3.8, 4) is 5.75 Å². The number of H-pyrrole nitrogens is 1. The Labute approximate surface area is 148 Å². The fraction of sp³-hybridized carbons (Fsp3) is 0.333. The first-order chi connectivity index (χ1) is 12.0. The number of hydrogen-bond donors (Lipinski definition) is 3. The highest BCUT2D eigenvalue weighted by molar-refractivity contribution is 7.99. The zero-order chi connectivity index (χ0) is 17.8. The third-order valence-electron chi connectivity index (χ3n) is 3.58. The number of ether oxygens (including phenoxy) is 1. The number of aromatic amines is 1. The summed E-state index contributed by atoms with van der Waals surface area (Å²) >= 11 is 1.46. The van der Waals surface area contributed by atoms with Crippen molar-refractivity contribution < 1.29 is 14.3 Å². The minimum Gasteiger partial charge on any atom is -0.479 e. The van der Waals surface area contributed by atoms with Crippen LogP contribution in [0.25, 0.3) is 0 Å². The Kier molecular flexibility index (Phi) is 5.08. The average Bonchev–Trinajstić information content (AvgIpc) is 3.11. The van der Waals surface area contributed by atoms with E-state index >= 15 is 0 Å². The summed E-state index contributed by atoms with van der Waals surface area (Å²) in [5, 5.41) is 12.7. The summed E-state index contributed by atoms with van der Waals surface area (Å²) in [5.41, 5.74) is 1.21. The first-order valence-electron chi connectivity index (χ1n) is 7.66. The molecule has 0 unspecified atom stereocenters. The lowest BCUT2D eigenvalue weighted by atomic mass is 10.2. The highest BCUT2D eigenvalue weighted by Crippen LogP contribution is 2.35. The maximum atomic E-state index is 12.0. The minimum atomic E-state index is -0.513. The lowest BCUT2D eigenvalue weighted by Gasteiger charge is -2.30. The number of carbonyl (C=O) groups excluding carboxylic acids is 2. The van der Waals surface area contributed by atoms with E-state index in [1.165, 1.54) is 23.0 Å². The largest absolute Gasteiger partial charge is 0.479 e. The minimum absolute atomic E-state index is 0.126. The van der Waals surface area contributed by atoms with Crippen LogP contribution in [0.1, 0.15) is 6.92 Å². The number of benzene rings is 1. The predicted molar refractivity (Wildman–Crippen MR) is 94.1 cm³/mol. The number of rotatable bonds is 5. The smallest absolute Gasteiger partial charge is 0.319 e. The van der Waals surface area contributed by atoms with E-state index in [4.69, 9.17) is 4.74 Å². The van der Waals surface area contributed by atoms with Gasteiger partial charge >= 0.3 is 6.03 Å². The van der Waals surface area contributed by atoms with Crippen molar-refractivity contribution in [1.82, 2.24) is 20.5 Å². The molecule has 0 fully saturated rings. The van der Waals surface area contributed by atoms with E-state index in [2.05, 4.69) is 25.8 Å². The third-order valence-corrected chi connectivity index (χ3v) is 4.46. The number of carbonyl (C=O) groups is 2. The van der Waals surface area contributed by atoms with Crippen LogP contribution in [0, 0.1) is 0 Å². The molecule has 0 aliphatic carbocycles. The molecule has 1 aliphatic rings. The number of likely N-dealkylation sites (N-methyl/N-ethyl adjacent to an activating group) is 1. The monoisotopic (exact) mass is 362 g/mol. The van der Waals surface area contributed by atoms with Crippen molar-refractivity contribution in [2.75, 3.05) is 29.6 Å². The molecule has 0 bridgehead atoms. The summed E-state index contributed by atoms with van der Waals surface area (Å²) in [6.07, 6.45) is 0.923. The number of amides is 3. The molecule has 0 saturated heterocycles. The van der Waals surface area contributed by atoms with Crippen LogP contribution in [0.3, 0.4) is 0 Å². The zero-order valence-electron chi connectivity index (χ0n) is 13.8. The summed E-state index contributed by atoms with van der Waals surface area (Å²) in [7, 11) is 1.69. The Bertz CT molecular complexity index is 767. The summed E-state index contributed by atoms with van der Waals surface area (Å²) in [5.74, 6) is 1.15. The van der Waals surface area contributed by atoms with Crippen LogP contribution in [0.15, 0.2) is 29.7 Å². The molecule has 0 spiro atoms. The van der Waals surface area contributed by atoms with Gasteiger partial charge in [0.05, 0.1) is 5.69 Å². The second kappa shape index (κ2) is 7.43. The number of anilines is 2. The maximum Gasteiger partial charge on any atom is 0.319 e. The molecule has 10 heteroatoms. The fourth-order valence-electron chi connectivity index (χ4n) is 2.34. The average molecular weight is 362 g/mol. The molecule has 1 aromatic carbocycles. The molecule has 3 amide bonds. The predicted octanol–water partition coefficient (Wildman–Crippen LogP) is 1.46. The van der Waals surface area contributed by atoms with Gasteiger partial charge in [-0.15, -0.1) is 0 Å². The van der Waals surface area contributed by atoms with Gasteiger partial charge in [0.1, 0.15) is 12.1 Å². The third kappa shape index (κ3) is 4.02. The normalized spacial score (nSPS) is 16.2. The number of nitrogens with one attached hydrogen (secondary N) is 3. The van der Waals surface area contributed by atoms with Gasteiger partial charge in [-0.3, -0.25) is 9.89 Å². The molecule has 2 aromatic rings. The van der Waals surface area contributed by atoms with Crippen LogP contribution < -0.4 is 20.3 Å². The Hall–Kier alpha value is -2.75. The Balaban J connectivity index is 1.52. The number of aromatic nitrogens is 3. The topological polar surface area (TPSA) is 112 Å². The van der Waals surface area contributed by atoms with Gasteiger partial charge in [-0.1, -0.05) is 11.8 Å². The van der Waals surface area contributed by atoms with Crippen LogP contribution in [-0.4, -0.2) is 52.6 Å². The van der Waals surface area contributed by atoms with Gasteiger partial charge < -0.3 is 20.3 Å². The molecule has 1 aliphatic heterocycles. The standard InChI is InChI=1S/C15H18N6O3S/c1-9-13(22)21(2)11-7-10(3-4-12(11)24-9)19-14(23)16-5-6-25-15-17-8-18-20-15/h3-4,7-9H,5-6H2,1-2H3,(H2,16,19,23)(H,17,18,20)/t9-/m0/s1. The van der Waals surface area contributed by atoms with Crippen LogP contribution in [0.5, 0.6) is 5.75 Å². The van der Waals surface area contributed by atoms with E-state index in [1.807, 2.05) is 0 Å². The van der Waals surface area contributed by atoms with Gasteiger partial charge in [-0.2, -0.15) is 5.10 Å². The van der Waals surface area contributed by atoms with Gasteiger partial charge in [-0.25, -0.2) is 9.78 Å². The lowest BCUT2D eigenvalue weighted by Crippen LogP contribution is -2.42. The van der Waals surface area contributed by atoms with E-state index in [0.29, 0.717) is 34.6 Å². The van der Waals surface area contributed by atoms with E-state index in [9.17, 15) is 9.59 Å². The summed E-state index contributed by atoms with van der Waals surface area (Å²) in [4.78, 5) is 29.5. The fourth-order valence-corrected chi connectivity index (χ4v) is 2.98. The SMILES string of the molecule is C[C@@H]1Oc2ccc(NC(=O)NCCSc3ncn[nH]3)cc2N(C)C1=O. The lowest BCUT2D eigenvalue weighted by molar-refractivity contribution is -0.125. The van der Waals surface area contributed by atoms with Crippen molar-refractivity contribution >= 4 is 35.1 Å². The molecular weight excluding hydrogens is 344 g/mol. The summed E-state index contributed by atoms with van der Waals surface area (Å²) in [6.45, 7) is 2.18. The molecule has 0 saturated carbocycles. The molecule has 2 heterocycles. The Morgan fingerprint density at radius 3 is 3.08 bits per heavy atom. The van der Waals surface area contributed by atoms with Gasteiger partial charge in [0.2, 0.25) is 0 Å². The molecule has 132 valence electrons. The summed E-state index contributed by atoms with van der Waals surface area (Å²) < 4.78 is 5.55. The van der Waals surface area contributed by atoms with Crippen LogP contribution in [0.2, 0.25) is 0 Å². The van der Waals surface area contributed by atoms with Gasteiger partial charge in [-0.05, 0) is 25.1 Å². The molecule has 9 nitrogen and oxygen atoms in total. The highest BCUT2D eigenvalue weighted by atomic mass is 32.2. The van der Waals surface area contributed by atoms with Gasteiger partial charge in [0.25, 0.3) is 5.91 Å². The van der Waals surface area contributed by atoms with E-state index in [0.717, 1.165) is 0 Å². The van der Waals surface area contributed by atoms with Crippen molar-refractivity contribution in [2.24, 2.45) is 0 Å². The second-order valence-corrected chi connectivity index (χ2v) is 6.44. The van der Waals surface area contributed by atoms with Gasteiger partial charge in [0.15, 0.2) is 11.3 Å². The first kappa shape index (κ1) is 17.1. The molecular formula is C15H18N6O3S. The Morgan fingerprint density at radius 2 is 2.32 bits per heavy atom. The molecule has 3 N–H and O–H groups in total. The van der Waals surface area contributed by atoms with E-state index < -0.39 is 6.10 Å². The van der Waals surface area contributed by atoms with Crippen molar-refractivity contribution in [1.29, 1.82) is 0 Å². The number of hydrogen-bond acceptors (Lipinski definition) is 6. The molecule has 0 radical (unpaired) electrons.